The van der Waals surface area contributed by atoms with Gasteiger partial charge in [-0.15, -0.1) is 0 Å². The Morgan fingerprint density at radius 1 is 1.00 bits per heavy atom. The molecule has 0 aromatic heterocycles. The van der Waals surface area contributed by atoms with Gasteiger partial charge in [-0.05, 0) is 61.9 Å². The van der Waals surface area contributed by atoms with Gasteiger partial charge in [-0.3, -0.25) is 4.79 Å². The fourth-order valence-electron chi connectivity index (χ4n) is 4.41. The summed E-state index contributed by atoms with van der Waals surface area (Å²) in [5, 5.41) is 14.4. The number of halogens is 3. The van der Waals surface area contributed by atoms with Crippen LogP contribution < -0.4 is 15.5 Å². The molecule has 0 unspecified atom stereocenters. The Morgan fingerprint density at radius 3 is 2.38 bits per heavy atom. The molecule has 1 aliphatic rings. The Kier molecular flexibility index (Phi) is 7.92. The minimum atomic E-state index is -4.88. The molecule has 5 amide bonds. The van der Waals surface area contributed by atoms with Crippen LogP contribution in [0.5, 0.6) is 0 Å². The van der Waals surface area contributed by atoms with Gasteiger partial charge in [0.05, 0.1) is 42.1 Å². The second kappa shape index (κ2) is 11.2. The predicted octanol–water partition coefficient (Wildman–Crippen LogP) is 5.76. The number of urea groups is 2. The molecule has 0 bridgehead atoms. The number of methoxy groups -OCH3 is 1. The number of nitriles is 1. The van der Waals surface area contributed by atoms with Crippen molar-refractivity contribution in [3.05, 3.63) is 89.0 Å². The van der Waals surface area contributed by atoms with Gasteiger partial charge >= 0.3 is 24.2 Å². The first-order valence-corrected chi connectivity index (χ1v) is 12.4. The number of anilines is 3. The van der Waals surface area contributed by atoms with Gasteiger partial charge in [0.25, 0.3) is 5.91 Å². The smallest absolute Gasteiger partial charge is 0.417 e. The van der Waals surface area contributed by atoms with Gasteiger partial charge in [-0.2, -0.15) is 18.4 Å². The number of carbonyl (C=O) groups is 4. The summed E-state index contributed by atoms with van der Waals surface area (Å²) in [6, 6.07) is 15.1. The molecule has 42 heavy (non-hydrogen) atoms. The second-order valence-electron chi connectivity index (χ2n) is 9.72. The maximum Gasteiger partial charge on any atom is 0.417 e. The van der Waals surface area contributed by atoms with Crippen molar-refractivity contribution in [2.24, 2.45) is 0 Å². The molecule has 13 heteroatoms. The number of nitrogens with one attached hydrogen (secondary N) is 2. The topological polar surface area (TPSA) is 132 Å². The number of ether oxygens (including phenoxy) is 1. The summed E-state index contributed by atoms with van der Waals surface area (Å²) in [6.07, 6.45) is -4.88. The van der Waals surface area contributed by atoms with Gasteiger partial charge in [0, 0.05) is 11.4 Å². The Morgan fingerprint density at radius 2 is 1.71 bits per heavy atom. The van der Waals surface area contributed by atoms with Crippen LogP contribution in [0.25, 0.3) is 0 Å². The average molecular weight is 580 g/mol. The lowest BCUT2D eigenvalue weighted by Gasteiger charge is -2.28. The lowest BCUT2D eigenvalue weighted by molar-refractivity contribution is -0.137. The number of rotatable bonds is 6. The van der Waals surface area contributed by atoms with E-state index in [9.17, 15) is 32.3 Å². The van der Waals surface area contributed by atoms with E-state index in [0.717, 1.165) is 12.1 Å². The average Bonchev–Trinajstić information content (AvgIpc) is 3.11. The minimum Gasteiger partial charge on any atom is -0.465 e. The zero-order chi connectivity index (χ0) is 30.8. The molecule has 3 aromatic carbocycles. The molecule has 4 rings (SSSR count). The first-order valence-electron chi connectivity index (χ1n) is 12.4. The van der Waals surface area contributed by atoms with E-state index in [1.807, 2.05) is 0 Å². The first-order chi connectivity index (χ1) is 19.8. The summed E-state index contributed by atoms with van der Waals surface area (Å²) in [4.78, 5) is 53.2. The van der Waals surface area contributed by atoms with Crippen LogP contribution in [0, 0.1) is 11.3 Å². The van der Waals surface area contributed by atoms with Crippen molar-refractivity contribution in [2.45, 2.75) is 32.1 Å². The summed E-state index contributed by atoms with van der Waals surface area (Å²) in [5.41, 5.74) is -2.43. The molecule has 10 nitrogen and oxygen atoms in total. The summed E-state index contributed by atoms with van der Waals surface area (Å²) < 4.78 is 45.4. The van der Waals surface area contributed by atoms with Gasteiger partial charge in [0.2, 0.25) is 0 Å². The van der Waals surface area contributed by atoms with E-state index in [-0.39, 0.29) is 17.8 Å². The fraction of sp³-hybridized carbons (Fsp3) is 0.207. The number of imide groups is 1. The molecule has 1 heterocycles. The highest BCUT2D eigenvalue weighted by Gasteiger charge is 2.52. The Balaban J connectivity index is 1.58. The standard InChI is InChI=1S/C29H24F3N5O5/c1-28(2)25(39)37(21-12-11-18(15-33)22(14-21)29(30,31)32)27(41)36(28)16-19-7-4-5-10-23(19)35-26(40)34-20-9-6-8-17(13-20)24(38)42-3/h4-14H,16H2,1-3H3,(H2,34,35,40). The SMILES string of the molecule is COC(=O)c1cccc(NC(=O)Nc2ccccc2CN2C(=O)N(c3ccc(C#N)c(C(F)(F)F)c3)C(=O)C2(C)C)c1. The molecule has 0 radical (unpaired) electrons. The van der Waals surface area contributed by atoms with Crippen LogP contribution in [0.1, 0.15) is 40.9 Å². The van der Waals surface area contributed by atoms with Gasteiger partial charge in [0.1, 0.15) is 5.54 Å². The maximum atomic E-state index is 13.6. The van der Waals surface area contributed by atoms with Crippen molar-refractivity contribution in [1.29, 1.82) is 5.26 Å². The number of esters is 1. The van der Waals surface area contributed by atoms with Crippen molar-refractivity contribution in [3.63, 3.8) is 0 Å². The Hall–Kier alpha value is -5.38. The number of hydrogen-bond acceptors (Lipinski definition) is 6. The van der Waals surface area contributed by atoms with Crippen molar-refractivity contribution >= 4 is 41.0 Å². The van der Waals surface area contributed by atoms with Gasteiger partial charge in [0.15, 0.2) is 0 Å². The molecule has 0 saturated carbocycles. The predicted molar refractivity (Wildman–Crippen MR) is 146 cm³/mol. The zero-order valence-electron chi connectivity index (χ0n) is 22.6. The van der Waals surface area contributed by atoms with E-state index in [1.54, 1.807) is 36.4 Å². The van der Waals surface area contributed by atoms with Crippen molar-refractivity contribution in [1.82, 2.24) is 4.90 Å². The molecular weight excluding hydrogens is 555 g/mol. The third-order valence-electron chi connectivity index (χ3n) is 6.65. The van der Waals surface area contributed by atoms with E-state index >= 15 is 0 Å². The lowest BCUT2D eigenvalue weighted by Crippen LogP contribution is -2.43. The van der Waals surface area contributed by atoms with E-state index < -0.39 is 46.8 Å². The van der Waals surface area contributed by atoms with Crippen LogP contribution in [0.4, 0.5) is 39.8 Å². The van der Waals surface area contributed by atoms with Crippen molar-refractivity contribution < 1.29 is 37.1 Å². The van der Waals surface area contributed by atoms with Crippen LogP contribution in [0.3, 0.4) is 0 Å². The van der Waals surface area contributed by atoms with Crippen LogP contribution >= 0.6 is 0 Å². The molecule has 1 saturated heterocycles. The summed E-state index contributed by atoms with van der Waals surface area (Å²) in [5.74, 6) is -1.35. The largest absolute Gasteiger partial charge is 0.465 e. The fourth-order valence-corrected chi connectivity index (χ4v) is 4.41. The number of alkyl halides is 3. The molecule has 3 aromatic rings. The Bertz CT molecular complexity index is 1630. The quantitative estimate of drug-likeness (QED) is 0.282. The molecule has 0 aliphatic carbocycles. The summed E-state index contributed by atoms with van der Waals surface area (Å²) in [7, 11) is 1.23. The maximum absolute atomic E-state index is 13.6. The molecule has 2 N–H and O–H groups in total. The highest BCUT2D eigenvalue weighted by atomic mass is 19.4. The van der Waals surface area contributed by atoms with Crippen LogP contribution in [0.15, 0.2) is 66.7 Å². The number of carbonyl (C=O) groups excluding carboxylic acids is 4. The molecule has 0 atom stereocenters. The van der Waals surface area contributed by atoms with Crippen LogP contribution in [0.2, 0.25) is 0 Å². The Labute approximate surface area is 238 Å². The minimum absolute atomic E-state index is 0.176. The third kappa shape index (κ3) is 5.73. The zero-order valence-corrected chi connectivity index (χ0v) is 22.6. The van der Waals surface area contributed by atoms with Crippen LogP contribution in [-0.4, -0.2) is 41.5 Å². The van der Waals surface area contributed by atoms with Gasteiger partial charge in [-0.1, -0.05) is 24.3 Å². The van der Waals surface area contributed by atoms with E-state index in [2.05, 4.69) is 15.4 Å². The van der Waals surface area contributed by atoms with Crippen LogP contribution in [-0.2, 0) is 22.3 Å². The monoisotopic (exact) mass is 579 g/mol. The van der Waals surface area contributed by atoms with E-state index in [4.69, 9.17) is 5.26 Å². The number of benzene rings is 3. The summed E-state index contributed by atoms with van der Waals surface area (Å²) in [6.45, 7) is 2.74. The second-order valence-corrected chi connectivity index (χ2v) is 9.72. The van der Waals surface area contributed by atoms with Crippen molar-refractivity contribution in [3.8, 4) is 6.07 Å². The van der Waals surface area contributed by atoms with Gasteiger partial charge in [-0.25, -0.2) is 19.3 Å². The van der Waals surface area contributed by atoms with Gasteiger partial charge < -0.3 is 20.3 Å². The normalized spacial score (nSPS) is 14.4. The molecule has 1 fully saturated rings. The van der Waals surface area contributed by atoms with Crippen molar-refractivity contribution in [2.75, 3.05) is 22.6 Å². The molecule has 216 valence electrons. The highest BCUT2D eigenvalue weighted by Crippen LogP contribution is 2.38. The number of nitrogens with zero attached hydrogens (tertiary/aromatic N) is 3. The van der Waals surface area contributed by atoms with E-state index in [0.29, 0.717) is 27.9 Å². The van der Waals surface area contributed by atoms with E-state index in [1.165, 1.54) is 44.1 Å². The highest BCUT2D eigenvalue weighted by molar-refractivity contribution is 6.23. The molecule has 0 spiro atoms. The summed E-state index contributed by atoms with van der Waals surface area (Å²) >= 11 is 0. The number of para-hydroxylation sites is 1. The number of hydrogen-bond donors (Lipinski definition) is 2. The number of amides is 5. The first kappa shape index (κ1) is 29.6. The lowest BCUT2D eigenvalue weighted by atomic mass is 10.0. The molecule has 1 aliphatic heterocycles. The third-order valence-corrected chi connectivity index (χ3v) is 6.65. The molecular formula is C29H24F3N5O5.